The number of nitrogens with zero attached hydrogens (tertiary/aromatic N) is 2. The van der Waals surface area contributed by atoms with E-state index in [-0.39, 0.29) is 11.5 Å². The molecule has 0 saturated heterocycles. The smallest absolute Gasteiger partial charge is 0.313 e. The van der Waals surface area contributed by atoms with Crippen molar-refractivity contribution in [2.24, 2.45) is 5.10 Å². The molecule has 0 radical (unpaired) electrons. The Balaban J connectivity index is 1.97. The fourth-order valence-corrected chi connectivity index (χ4v) is 2.24. The highest BCUT2D eigenvalue weighted by Crippen LogP contribution is 2.22. The number of nitro groups is 1. The number of nitrogens with one attached hydrogen (secondary N) is 3. The van der Waals surface area contributed by atoms with Gasteiger partial charge in [-0.2, -0.15) is 9.49 Å². The SMILES string of the molecule is N=C(NCc1ccc(I)cc1)N/N=C/c1cc(F)cc(F)c1[N+](=O)[O-]. The summed E-state index contributed by atoms with van der Waals surface area (Å²) in [5.41, 5.74) is 2.00. The van der Waals surface area contributed by atoms with E-state index in [1.807, 2.05) is 24.3 Å². The molecule has 0 amide bonds. The zero-order chi connectivity index (χ0) is 18.4. The van der Waals surface area contributed by atoms with E-state index in [0.717, 1.165) is 21.4 Å². The zero-order valence-electron chi connectivity index (χ0n) is 12.6. The molecule has 7 nitrogen and oxygen atoms in total. The second kappa shape index (κ2) is 8.46. The lowest BCUT2D eigenvalue weighted by Crippen LogP contribution is -2.32. The largest absolute Gasteiger partial charge is 0.351 e. The van der Waals surface area contributed by atoms with Crippen LogP contribution < -0.4 is 10.7 Å². The van der Waals surface area contributed by atoms with Gasteiger partial charge in [0.2, 0.25) is 11.8 Å². The molecule has 0 fully saturated rings. The van der Waals surface area contributed by atoms with E-state index in [9.17, 15) is 18.9 Å². The van der Waals surface area contributed by atoms with E-state index in [0.29, 0.717) is 12.6 Å². The van der Waals surface area contributed by atoms with E-state index in [2.05, 4.69) is 38.4 Å². The molecule has 0 heterocycles. The van der Waals surface area contributed by atoms with Crippen molar-refractivity contribution >= 4 is 40.5 Å². The number of hydrogen-bond donors (Lipinski definition) is 3. The normalized spacial score (nSPS) is 10.7. The number of hydrazone groups is 1. The Morgan fingerprint density at radius 1 is 1.32 bits per heavy atom. The third-order valence-electron chi connectivity index (χ3n) is 3.00. The highest BCUT2D eigenvalue weighted by molar-refractivity contribution is 14.1. The fourth-order valence-electron chi connectivity index (χ4n) is 1.88. The van der Waals surface area contributed by atoms with Crippen LogP contribution in [-0.4, -0.2) is 17.1 Å². The summed E-state index contributed by atoms with van der Waals surface area (Å²) in [6, 6.07) is 8.84. The third kappa shape index (κ3) is 5.45. The van der Waals surface area contributed by atoms with Crippen LogP contribution in [0.1, 0.15) is 11.1 Å². The third-order valence-corrected chi connectivity index (χ3v) is 3.72. The van der Waals surface area contributed by atoms with Gasteiger partial charge in [0.05, 0.1) is 16.7 Å². The summed E-state index contributed by atoms with van der Waals surface area (Å²) in [6.07, 6.45) is 0.880. The molecule has 0 aromatic heterocycles. The summed E-state index contributed by atoms with van der Waals surface area (Å²) in [4.78, 5) is 9.88. The van der Waals surface area contributed by atoms with Crippen LogP contribution in [0, 0.1) is 30.7 Å². The minimum absolute atomic E-state index is 0.172. The number of rotatable bonds is 5. The van der Waals surface area contributed by atoms with Crippen molar-refractivity contribution in [2.75, 3.05) is 0 Å². The minimum Gasteiger partial charge on any atom is -0.351 e. The van der Waals surface area contributed by atoms with E-state index >= 15 is 0 Å². The molecule has 0 unspecified atom stereocenters. The predicted octanol–water partition coefficient (Wildman–Crippen LogP) is 3.13. The molecule has 2 rings (SSSR count). The standard InChI is InChI=1S/C15H12F2IN5O2/c16-11-5-10(14(23(24)25)13(17)6-11)8-21-22-15(19)20-7-9-1-3-12(18)4-2-9/h1-6,8H,7H2,(H3,19,20,22)/b21-8+. The molecule has 3 N–H and O–H groups in total. The molecule has 10 heteroatoms. The Hall–Kier alpha value is -2.63. The molecule has 0 bridgehead atoms. The van der Waals surface area contributed by atoms with Crippen molar-refractivity contribution in [1.82, 2.24) is 10.7 Å². The van der Waals surface area contributed by atoms with Gasteiger partial charge in [0.25, 0.3) is 0 Å². The van der Waals surface area contributed by atoms with Crippen LogP contribution in [-0.2, 0) is 6.54 Å². The number of halogens is 3. The fraction of sp³-hybridized carbons (Fsp3) is 0.0667. The van der Waals surface area contributed by atoms with Gasteiger partial charge in [-0.3, -0.25) is 15.5 Å². The number of benzene rings is 2. The van der Waals surface area contributed by atoms with E-state index in [1.165, 1.54) is 0 Å². The van der Waals surface area contributed by atoms with Crippen molar-refractivity contribution in [2.45, 2.75) is 6.54 Å². The quantitative estimate of drug-likeness (QED) is 0.210. The average molecular weight is 459 g/mol. The van der Waals surface area contributed by atoms with E-state index < -0.39 is 22.2 Å². The summed E-state index contributed by atoms with van der Waals surface area (Å²) in [7, 11) is 0. The Labute approximate surface area is 154 Å². The molecule has 0 aliphatic rings. The molecule has 0 spiro atoms. The van der Waals surface area contributed by atoms with Gasteiger partial charge in [-0.05, 0) is 46.4 Å². The van der Waals surface area contributed by atoms with Crippen LogP contribution in [0.4, 0.5) is 14.5 Å². The second-order valence-corrected chi connectivity index (χ2v) is 6.05. The summed E-state index contributed by atoms with van der Waals surface area (Å²) in [6.45, 7) is 0.368. The molecule has 2 aromatic carbocycles. The van der Waals surface area contributed by atoms with Gasteiger partial charge in [0, 0.05) is 16.2 Å². The van der Waals surface area contributed by atoms with Crippen molar-refractivity contribution in [3.05, 3.63) is 72.8 Å². The summed E-state index contributed by atoms with van der Waals surface area (Å²) >= 11 is 2.18. The van der Waals surface area contributed by atoms with Crippen LogP contribution in [0.2, 0.25) is 0 Å². The van der Waals surface area contributed by atoms with Crippen molar-refractivity contribution < 1.29 is 13.7 Å². The second-order valence-electron chi connectivity index (χ2n) is 4.81. The highest BCUT2D eigenvalue weighted by Gasteiger charge is 2.20. The van der Waals surface area contributed by atoms with Gasteiger partial charge in [-0.15, -0.1) is 0 Å². The first-order chi connectivity index (χ1) is 11.9. The Bertz CT molecular complexity index is 827. The van der Waals surface area contributed by atoms with Crippen LogP contribution in [0.25, 0.3) is 0 Å². The molecule has 0 aliphatic carbocycles. The van der Waals surface area contributed by atoms with Crippen LogP contribution >= 0.6 is 22.6 Å². The predicted molar refractivity (Wildman–Crippen MR) is 97.5 cm³/mol. The summed E-state index contributed by atoms with van der Waals surface area (Å²) in [5.74, 6) is -2.43. The van der Waals surface area contributed by atoms with E-state index in [1.54, 1.807) is 0 Å². The van der Waals surface area contributed by atoms with Crippen LogP contribution in [0.15, 0.2) is 41.5 Å². The van der Waals surface area contributed by atoms with Gasteiger partial charge >= 0.3 is 5.69 Å². The minimum atomic E-state index is -1.29. The van der Waals surface area contributed by atoms with Crippen LogP contribution in [0.3, 0.4) is 0 Å². The first kappa shape index (κ1) is 18.7. The van der Waals surface area contributed by atoms with Crippen LogP contribution in [0.5, 0.6) is 0 Å². The lowest BCUT2D eigenvalue weighted by atomic mass is 10.2. The highest BCUT2D eigenvalue weighted by atomic mass is 127. The molecule has 0 atom stereocenters. The molecule has 0 saturated carbocycles. The number of nitro benzene ring substituents is 1. The van der Waals surface area contributed by atoms with Crippen molar-refractivity contribution in [3.63, 3.8) is 0 Å². The number of hydrogen-bond acceptors (Lipinski definition) is 4. The van der Waals surface area contributed by atoms with Gasteiger partial charge in [0.1, 0.15) is 5.82 Å². The van der Waals surface area contributed by atoms with E-state index in [4.69, 9.17) is 5.41 Å². The van der Waals surface area contributed by atoms with Gasteiger partial charge in [-0.25, -0.2) is 9.82 Å². The topological polar surface area (TPSA) is 103 Å². The Kier molecular flexibility index (Phi) is 6.33. The molecule has 130 valence electrons. The van der Waals surface area contributed by atoms with Crippen molar-refractivity contribution in [3.8, 4) is 0 Å². The molecule has 25 heavy (non-hydrogen) atoms. The monoisotopic (exact) mass is 459 g/mol. The molecular formula is C15H12F2IN5O2. The summed E-state index contributed by atoms with van der Waals surface area (Å²) in [5, 5.41) is 24.8. The van der Waals surface area contributed by atoms with Gasteiger partial charge < -0.3 is 5.32 Å². The maximum Gasteiger partial charge on any atom is 0.313 e. The lowest BCUT2D eigenvalue weighted by Gasteiger charge is -2.07. The first-order valence-electron chi connectivity index (χ1n) is 6.86. The average Bonchev–Trinajstić information content (AvgIpc) is 2.53. The molecule has 2 aromatic rings. The molecule has 0 aliphatic heterocycles. The van der Waals surface area contributed by atoms with Crippen molar-refractivity contribution in [1.29, 1.82) is 5.41 Å². The van der Waals surface area contributed by atoms with Gasteiger partial charge in [-0.1, -0.05) is 12.1 Å². The first-order valence-corrected chi connectivity index (χ1v) is 7.94. The zero-order valence-corrected chi connectivity index (χ0v) is 14.8. The lowest BCUT2D eigenvalue weighted by molar-refractivity contribution is -0.387. The molecular weight excluding hydrogens is 447 g/mol. The Morgan fingerprint density at radius 3 is 2.64 bits per heavy atom. The summed E-state index contributed by atoms with van der Waals surface area (Å²) < 4.78 is 27.7. The van der Waals surface area contributed by atoms with Gasteiger partial charge in [0.15, 0.2) is 0 Å². The number of guanidine groups is 1. The maximum atomic E-state index is 13.5. The maximum absolute atomic E-state index is 13.5. The Morgan fingerprint density at radius 2 is 2.00 bits per heavy atom.